The van der Waals surface area contributed by atoms with E-state index in [2.05, 4.69) is 5.16 Å². The molecule has 0 unspecified atom stereocenters. The Kier molecular flexibility index (Phi) is 4.45. The highest BCUT2D eigenvalue weighted by molar-refractivity contribution is 6.05. The summed E-state index contributed by atoms with van der Waals surface area (Å²) in [5.41, 5.74) is 2.92. The van der Waals surface area contributed by atoms with Gasteiger partial charge in [0.25, 0.3) is 0 Å². The van der Waals surface area contributed by atoms with E-state index in [1.54, 1.807) is 31.7 Å². The zero-order chi connectivity index (χ0) is 16.4. The fourth-order valence-corrected chi connectivity index (χ4v) is 2.16. The quantitative estimate of drug-likeness (QED) is 0.637. The fraction of sp³-hybridized carbons (Fsp3) is 0.294. The number of halogens is 1. The highest BCUT2D eigenvalue weighted by atomic mass is 19.1. The van der Waals surface area contributed by atoms with E-state index >= 15 is 0 Å². The lowest BCUT2D eigenvalue weighted by Crippen LogP contribution is -2.10. The van der Waals surface area contributed by atoms with Gasteiger partial charge in [-0.05, 0) is 38.5 Å². The van der Waals surface area contributed by atoms with Crippen LogP contribution in [-0.2, 0) is 0 Å². The van der Waals surface area contributed by atoms with Crippen LogP contribution in [0.4, 0.5) is 4.39 Å². The number of hydrogen-bond acceptors (Lipinski definition) is 4. The maximum Gasteiger partial charge on any atom is 0.190 e. The molecule has 22 heavy (non-hydrogen) atoms. The zero-order valence-corrected chi connectivity index (χ0v) is 13.4. The van der Waals surface area contributed by atoms with Crippen LogP contribution in [0, 0.1) is 19.7 Å². The first-order valence-corrected chi connectivity index (χ1v) is 6.94. The number of hydrogen-bond donors (Lipinski definition) is 0. The first-order valence-electron chi connectivity index (χ1n) is 6.94. The number of aryl methyl sites for hydroxylation is 2. The van der Waals surface area contributed by atoms with Crippen LogP contribution in [0.2, 0.25) is 0 Å². The number of ketones is 1. The largest absolute Gasteiger partial charge is 0.381 e. The molecule has 1 aromatic heterocycles. The van der Waals surface area contributed by atoms with E-state index in [0.29, 0.717) is 17.0 Å². The third-order valence-corrected chi connectivity index (χ3v) is 3.60. The predicted molar refractivity (Wildman–Crippen MR) is 83.1 cm³/mol. The molecule has 2 aromatic rings. The number of rotatable bonds is 4. The van der Waals surface area contributed by atoms with Gasteiger partial charge in [0.1, 0.15) is 11.6 Å². The minimum Gasteiger partial charge on any atom is -0.381 e. The Morgan fingerprint density at radius 3 is 2.50 bits per heavy atom. The van der Waals surface area contributed by atoms with Crippen LogP contribution in [0.15, 0.2) is 34.5 Å². The van der Waals surface area contributed by atoms with Crippen molar-refractivity contribution in [1.82, 2.24) is 10.1 Å². The van der Waals surface area contributed by atoms with Gasteiger partial charge >= 0.3 is 0 Å². The first-order chi connectivity index (χ1) is 10.3. The standard InChI is InChI=1S/C17H19FN2O2/c1-10(20(4)5)8-16(21)14-7-6-13(9-15(14)18)17-11(2)19-22-12(17)3/h6-9H,1-5H3/b10-8-. The van der Waals surface area contributed by atoms with Crippen molar-refractivity contribution in [3.63, 3.8) is 0 Å². The number of allylic oxidation sites excluding steroid dienone is 2. The van der Waals surface area contributed by atoms with Crippen LogP contribution in [0.3, 0.4) is 0 Å². The normalized spacial score (nSPS) is 11.6. The van der Waals surface area contributed by atoms with Crippen LogP contribution < -0.4 is 0 Å². The monoisotopic (exact) mass is 302 g/mol. The summed E-state index contributed by atoms with van der Waals surface area (Å²) in [6.45, 7) is 5.37. The molecule has 1 heterocycles. The van der Waals surface area contributed by atoms with Gasteiger partial charge in [0.2, 0.25) is 0 Å². The molecule has 1 aromatic carbocycles. The molecule has 0 N–H and O–H groups in total. The Morgan fingerprint density at radius 1 is 1.32 bits per heavy atom. The van der Waals surface area contributed by atoms with Crippen molar-refractivity contribution in [3.8, 4) is 11.1 Å². The Bertz CT molecular complexity index is 726. The Hall–Kier alpha value is -2.43. The van der Waals surface area contributed by atoms with E-state index in [1.807, 2.05) is 14.1 Å². The highest BCUT2D eigenvalue weighted by Gasteiger charge is 2.16. The average Bonchev–Trinajstić information content (AvgIpc) is 2.77. The maximum absolute atomic E-state index is 14.3. The molecule has 2 rings (SSSR count). The molecule has 0 saturated heterocycles. The van der Waals surface area contributed by atoms with Gasteiger partial charge in [0.15, 0.2) is 5.78 Å². The van der Waals surface area contributed by atoms with Crippen molar-refractivity contribution >= 4 is 5.78 Å². The molecule has 0 fully saturated rings. The van der Waals surface area contributed by atoms with Gasteiger partial charge in [-0.2, -0.15) is 0 Å². The summed E-state index contributed by atoms with van der Waals surface area (Å²) < 4.78 is 19.4. The van der Waals surface area contributed by atoms with Crippen LogP contribution in [-0.4, -0.2) is 29.9 Å². The molecule has 0 amide bonds. The summed E-state index contributed by atoms with van der Waals surface area (Å²) in [7, 11) is 3.66. The Balaban J connectivity index is 2.39. The summed E-state index contributed by atoms with van der Waals surface area (Å²) in [6, 6.07) is 4.55. The van der Waals surface area contributed by atoms with Gasteiger partial charge in [0.05, 0.1) is 11.3 Å². The van der Waals surface area contributed by atoms with Gasteiger partial charge in [-0.3, -0.25) is 4.79 Å². The summed E-state index contributed by atoms with van der Waals surface area (Å²) in [5, 5.41) is 3.86. The second-order valence-electron chi connectivity index (χ2n) is 5.44. The van der Waals surface area contributed by atoms with Crippen molar-refractivity contribution in [2.75, 3.05) is 14.1 Å². The summed E-state index contributed by atoms with van der Waals surface area (Å²) in [6.07, 6.45) is 1.42. The van der Waals surface area contributed by atoms with E-state index in [1.165, 1.54) is 18.2 Å². The van der Waals surface area contributed by atoms with E-state index in [-0.39, 0.29) is 11.3 Å². The molecule has 116 valence electrons. The molecular formula is C17H19FN2O2. The summed E-state index contributed by atoms with van der Waals surface area (Å²) in [4.78, 5) is 13.9. The van der Waals surface area contributed by atoms with Gasteiger partial charge in [-0.1, -0.05) is 11.2 Å². The Morgan fingerprint density at radius 2 is 2.00 bits per heavy atom. The van der Waals surface area contributed by atoms with E-state index in [4.69, 9.17) is 4.52 Å². The number of carbonyl (C=O) groups excluding carboxylic acids is 1. The van der Waals surface area contributed by atoms with Crippen molar-refractivity contribution in [3.05, 3.63) is 52.8 Å². The topological polar surface area (TPSA) is 46.3 Å². The van der Waals surface area contributed by atoms with Crippen LogP contribution in [0.5, 0.6) is 0 Å². The number of benzene rings is 1. The van der Waals surface area contributed by atoms with Gasteiger partial charge in [-0.15, -0.1) is 0 Å². The molecule has 0 aliphatic heterocycles. The lowest BCUT2D eigenvalue weighted by Gasteiger charge is -2.12. The number of carbonyl (C=O) groups is 1. The fourth-order valence-electron chi connectivity index (χ4n) is 2.16. The van der Waals surface area contributed by atoms with E-state index in [9.17, 15) is 9.18 Å². The molecule has 0 atom stereocenters. The minimum atomic E-state index is -0.551. The third kappa shape index (κ3) is 3.08. The second kappa shape index (κ2) is 6.13. The van der Waals surface area contributed by atoms with Crippen LogP contribution >= 0.6 is 0 Å². The van der Waals surface area contributed by atoms with Crippen molar-refractivity contribution in [2.24, 2.45) is 0 Å². The molecule has 0 bridgehead atoms. The SMILES string of the molecule is C/C(=C/C(=O)c1ccc(-c2c(C)noc2C)cc1F)N(C)C. The average molecular weight is 302 g/mol. The molecular weight excluding hydrogens is 283 g/mol. The number of aromatic nitrogens is 1. The van der Waals surface area contributed by atoms with Crippen molar-refractivity contribution in [2.45, 2.75) is 20.8 Å². The third-order valence-electron chi connectivity index (χ3n) is 3.60. The number of nitrogens with zero attached hydrogens (tertiary/aromatic N) is 2. The summed E-state index contributed by atoms with van der Waals surface area (Å²) >= 11 is 0. The molecule has 4 nitrogen and oxygen atoms in total. The maximum atomic E-state index is 14.3. The molecule has 0 aliphatic carbocycles. The van der Waals surface area contributed by atoms with Gasteiger partial charge in [-0.25, -0.2) is 4.39 Å². The minimum absolute atomic E-state index is 0.0525. The smallest absolute Gasteiger partial charge is 0.190 e. The molecule has 0 spiro atoms. The lowest BCUT2D eigenvalue weighted by atomic mass is 10.0. The van der Waals surface area contributed by atoms with Gasteiger partial charge < -0.3 is 9.42 Å². The van der Waals surface area contributed by atoms with E-state index in [0.717, 1.165) is 11.3 Å². The predicted octanol–water partition coefficient (Wildman–Crippen LogP) is 3.75. The van der Waals surface area contributed by atoms with Gasteiger partial charge in [0, 0.05) is 31.4 Å². The molecule has 5 heteroatoms. The van der Waals surface area contributed by atoms with Crippen LogP contribution in [0.1, 0.15) is 28.7 Å². The Labute approximate surface area is 129 Å². The second-order valence-corrected chi connectivity index (χ2v) is 5.44. The summed E-state index contributed by atoms with van der Waals surface area (Å²) in [5.74, 6) is -0.279. The molecule has 0 aliphatic rings. The van der Waals surface area contributed by atoms with E-state index < -0.39 is 5.82 Å². The van der Waals surface area contributed by atoms with Crippen molar-refractivity contribution in [1.29, 1.82) is 0 Å². The highest BCUT2D eigenvalue weighted by Crippen LogP contribution is 2.28. The lowest BCUT2D eigenvalue weighted by molar-refractivity contribution is 0.104. The molecule has 0 saturated carbocycles. The van der Waals surface area contributed by atoms with Crippen molar-refractivity contribution < 1.29 is 13.7 Å². The molecule has 0 radical (unpaired) electrons. The zero-order valence-electron chi connectivity index (χ0n) is 13.4. The van der Waals surface area contributed by atoms with Crippen LogP contribution in [0.25, 0.3) is 11.1 Å². The first kappa shape index (κ1) is 15.9.